The van der Waals surface area contributed by atoms with Crippen molar-refractivity contribution in [1.29, 1.82) is 0 Å². The van der Waals surface area contributed by atoms with Gasteiger partial charge in [0.2, 0.25) is 10.0 Å². The molecule has 0 atom stereocenters. The highest BCUT2D eigenvalue weighted by Gasteiger charge is 2.23. The largest absolute Gasteiger partial charge is 0.351 e. The zero-order valence-corrected chi connectivity index (χ0v) is 18.9. The number of hydrogen-bond donors (Lipinski definition) is 1. The van der Waals surface area contributed by atoms with Crippen molar-refractivity contribution in [2.45, 2.75) is 43.9 Å². The number of thioether (sulfide) groups is 1. The van der Waals surface area contributed by atoms with Crippen LogP contribution in [0.3, 0.4) is 0 Å². The molecule has 0 radical (unpaired) electrons. The van der Waals surface area contributed by atoms with Crippen LogP contribution in [0.1, 0.15) is 48.0 Å². The molecule has 1 aliphatic carbocycles. The summed E-state index contributed by atoms with van der Waals surface area (Å²) in [6.45, 7) is 3.91. The molecule has 1 aromatic rings. The van der Waals surface area contributed by atoms with Crippen LogP contribution in [0.15, 0.2) is 24.3 Å². The minimum absolute atomic E-state index is 0.0158. The SMILES string of the molecule is CS(=O)(=O)N1CCN(Cc2cccc(C(=O)NCCSC3CCCCC3)c2)CC1. The molecule has 0 aromatic heterocycles. The van der Waals surface area contributed by atoms with E-state index in [1.165, 1.54) is 42.7 Å². The predicted molar refractivity (Wildman–Crippen MR) is 120 cm³/mol. The summed E-state index contributed by atoms with van der Waals surface area (Å²) in [6.07, 6.45) is 7.97. The van der Waals surface area contributed by atoms with Crippen LogP contribution >= 0.6 is 11.8 Å². The van der Waals surface area contributed by atoms with Crippen molar-refractivity contribution in [2.75, 3.05) is 44.7 Å². The van der Waals surface area contributed by atoms with E-state index in [1.54, 1.807) is 0 Å². The van der Waals surface area contributed by atoms with Gasteiger partial charge in [-0.2, -0.15) is 16.1 Å². The third kappa shape index (κ3) is 7.27. The summed E-state index contributed by atoms with van der Waals surface area (Å²) in [7, 11) is -3.11. The average molecular weight is 440 g/mol. The normalized spacial score (nSPS) is 19.9. The maximum Gasteiger partial charge on any atom is 0.251 e. The molecule has 3 rings (SSSR count). The fourth-order valence-electron chi connectivity index (χ4n) is 4.01. The number of rotatable bonds is 8. The Labute approximate surface area is 179 Å². The van der Waals surface area contributed by atoms with E-state index in [0.29, 0.717) is 38.3 Å². The van der Waals surface area contributed by atoms with Gasteiger partial charge in [0.1, 0.15) is 0 Å². The van der Waals surface area contributed by atoms with Gasteiger partial charge in [0.25, 0.3) is 5.91 Å². The van der Waals surface area contributed by atoms with Crippen LogP contribution in [0.2, 0.25) is 0 Å². The average Bonchev–Trinajstić information content (AvgIpc) is 2.72. The van der Waals surface area contributed by atoms with E-state index in [1.807, 2.05) is 36.0 Å². The summed E-state index contributed by atoms with van der Waals surface area (Å²) in [5.74, 6) is 0.957. The summed E-state index contributed by atoms with van der Waals surface area (Å²) in [6, 6.07) is 7.76. The minimum Gasteiger partial charge on any atom is -0.351 e. The number of amides is 1. The Morgan fingerprint density at radius 2 is 1.86 bits per heavy atom. The van der Waals surface area contributed by atoms with E-state index < -0.39 is 10.0 Å². The molecular weight excluding hydrogens is 406 g/mol. The molecule has 1 saturated heterocycles. The Kier molecular flexibility index (Phi) is 8.41. The second-order valence-corrected chi connectivity index (χ2v) is 11.4. The standard InChI is InChI=1S/C21H33N3O3S2/c1-29(26,27)24-13-11-23(12-14-24)17-18-6-5-7-19(16-18)21(25)22-10-15-28-20-8-3-2-4-9-20/h5-7,16,20H,2-4,8-15,17H2,1H3,(H,22,25). The van der Waals surface area contributed by atoms with E-state index in [0.717, 1.165) is 23.1 Å². The highest BCUT2D eigenvalue weighted by Crippen LogP contribution is 2.27. The van der Waals surface area contributed by atoms with E-state index in [9.17, 15) is 13.2 Å². The molecule has 6 nitrogen and oxygen atoms in total. The molecule has 0 bridgehead atoms. The van der Waals surface area contributed by atoms with Gasteiger partial charge in [0.15, 0.2) is 0 Å². The first-order valence-electron chi connectivity index (χ1n) is 10.6. The number of piperazine rings is 1. The lowest BCUT2D eigenvalue weighted by Gasteiger charge is -2.33. The fourth-order valence-corrected chi connectivity index (χ4v) is 6.06. The van der Waals surface area contributed by atoms with E-state index in [-0.39, 0.29) is 5.91 Å². The van der Waals surface area contributed by atoms with Crippen molar-refractivity contribution in [3.8, 4) is 0 Å². The van der Waals surface area contributed by atoms with Crippen LogP contribution < -0.4 is 5.32 Å². The molecule has 162 valence electrons. The highest BCUT2D eigenvalue weighted by molar-refractivity contribution is 7.99. The van der Waals surface area contributed by atoms with Crippen molar-refractivity contribution in [3.63, 3.8) is 0 Å². The van der Waals surface area contributed by atoms with Gasteiger partial charge < -0.3 is 5.32 Å². The predicted octanol–water partition coefficient (Wildman–Crippen LogP) is 2.56. The number of benzene rings is 1. The summed E-state index contributed by atoms with van der Waals surface area (Å²) in [5, 5.41) is 3.82. The van der Waals surface area contributed by atoms with E-state index in [2.05, 4.69) is 10.2 Å². The topological polar surface area (TPSA) is 69.7 Å². The first-order valence-corrected chi connectivity index (χ1v) is 13.5. The van der Waals surface area contributed by atoms with Crippen LogP contribution in [0.25, 0.3) is 0 Å². The van der Waals surface area contributed by atoms with Crippen molar-refractivity contribution in [3.05, 3.63) is 35.4 Å². The monoisotopic (exact) mass is 439 g/mol. The van der Waals surface area contributed by atoms with Crippen LogP contribution in [-0.2, 0) is 16.6 Å². The molecule has 1 N–H and O–H groups in total. The van der Waals surface area contributed by atoms with Gasteiger partial charge >= 0.3 is 0 Å². The van der Waals surface area contributed by atoms with Gasteiger partial charge in [-0.1, -0.05) is 31.4 Å². The molecule has 2 aliphatic rings. The Bertz CT molecular complexity index is 771. The Morgan fingerprint density at radius 3 is 2.55 bits per heavy atom. The van der Waals surface area contributed by atoms with Crippen molar-refractivity contribution >= 4 is 27.7 Å². The molecule has 0 spiro atoms. The van der Waals surface area contributed by atoms with Gasteiger partial charge in [-0.25, -0.2) is 8.42 Å². The quantitative estimate of drug-likeness (QED) is 0.631. The number of carbonyl (C=O) groups excluding carboxylic acids is 1. The summed E-state index contributed by atoms with van der Waals surface area (Å²) in [5.41, 5.74) is 1.78. The third-order valence-corrected chi connectivity index (χ3v) is 8.37. The molecule has 1 aromatic carbocycles. The number of sulfonamides is 1. The lowest BCUT2D eigenvalue weighted by atomic mass is 10.0. The maximum absolute atomic E-state index is 12.5. The Hall–Kier alpha value is -1.09. The second-order valence-electron chi connectivity index (χ2n) is 8.03. The molecule has 1 aliphatic heterocycles. The van der Waals surface area contributed by atoms with Crippen LogP contribution in [0.5, 0.6) is 0 Å². The van der Waals surface area contributed by atoms with Crippen LogP contribution in [0, 0.1) is 0 Å². The minimum atomic E-state index is -3.11. The maximum atomic E-state index is 12.5. The number of nitrogens with one attached hydrogen (secondary N) is 1. The van der Waals surface area contributed by atoms with Crippen molar-refractivity contribution in [2.24, 2.45) is 0 Å². The van der Waals surface area contributed by atoms with Gasteiger partial charge in [0, 0.05) is 55.8 Å². The lowest BCUT2D eigenvalue weighted by Crippen LogP contribution is -2.47. The summed E-state index contributed by atoms with van der Waals surface area (Å²) >= 11 is 1.99. The Balaban J connectivity index is 1.42. The molecule has 1 heterocycles. The summed E-state index contributed by atoms with van der Waals surface area (Å²) in [4.78, 5) is 14.7. The van der Waals surface area contributed by atoms with Crippen molar-refractivity contribution in [1.82, 2.24) is 14.5 Å². The molecule has 2 fully saturated rings. The fraction of sp³-hybridized carbons (Fsp3) is 0.667. The van der Waals surface area contributed by atoms with Gasteiger partial charge in [-0.3, -0.25) is 9.69 Å². The lowest BCUT2D eigenvalue weighted by molar-refractivity contribution is 0.0956. The molecule has 0 unspecified atom stereocenters. The summed E-state index contributed by atoms with van der Waals surface area (Å²) < 4.78 is 24.8. The number of nitrogens with zero attached hydrogens (tertiary/aromatic N) is 2. The highest BCUT2D eigenvalue weighted by atomic mass is 32.2. The Morgan fingerprint density at radius 1 is 1.14 bits per heavy atom. The molecule has 8 heteroatoms. The zero-order valence-electron chi connectivity index (χ0n) is 17.3. The third-order valence-electron chi connectivity index (χ3n) is 5.69. The van der Waals surface area contributed by atoms with Crippen LogP contribution in [-0.4, -0.2) is 73.5 Å². The molecule has 29 heavy (non-hydrogen) atoms. The molecule has 1 saturated carbocycles. The van der Waals surface area contributed by atoms with Gasteiger partial charge in [0.05, 0.1) is 6.26 Å². The van der Waals surface area contributed by atoms with Crippen LogP contribution in [0.4, 0.5) is 0 Å². The van der Waals surface area contributed by atoms with Gasteiger partial charge in [-0.05, 0) is 30.5 Å². The molecule has 1 amide bonds. The first kappa shape index (κ1) is 22.6. The number of carbonyl (C=O) groups is 1. The zero-order chi connectivity index (χ0) is 20.7. The molecular formula is C21H33N3O3S2. The first-order chi connectivity index (χ1) is 13.9. The number of hydrogen-bond acceptors (Lipinski definition) is 5. The van der Waals surface area contributed by atoms with Gasteiger partial charge in [-0.15, -0.1) is 0 Å². The second kappa shape index (κ2) is 10.8. The van der Waals surface area contributed by atoms with Crippen molar-refractivity contribution < 1.29 is 13.2 Å². The smallest absolute Gasteiger partial charge is 0.251 e. The van der Waals surface area contributed by atoms with E-state index >= 15 is 0 Å². The van der Waals surface area contributed by atoms with E-state index in [4.69, 9.17) is 0 Å².